The summed E-state index contributed by atoms with van der Waals surface area (Å²) in [5.74, 6) is 0. The van der Waals surface area contributed by atoms with Crippen molar-refractivity contribution in [2.45, 2.75) is 38.3 Å². The summed E-state index contributed by atoms with van der Waals surface area (Å²) in [5.41, 5.74) is 3.91. The lowest BCUT2D eigenvalue weighted by Crippen LogP contribution is -2.25. The summed E-state index contributed by atoms with van der Waals surface area (Å²) in [6.45, 7) is 0.994. The van der Waals surface area contributed by atoms with E-state index in [0.717, 1.165) is 12.6 Å². The van der Waals surface area contributed by atoms with Gasteiger partial charge in [-0.25, -0.2) is 0 Å². The van der Waals surface area contributed by atoms with Gasteiger partial charge in [-0.15, -0.1) is 0 Å². The van der Waals surface area contributed by atoms with Crippen LogP contribution in [0.3, 0.4) is 0 Å². The molecule has 0 bridgehead atoms. The van der Waals surface area contributed by atoms with E-state index in [1.165, 1.54) is 42.4 Å². The van der Waals surface area contributed by atoms with Crippen LogP contribution in [0.5, 0.6) is 0 Å². The van der Waals surface area contributed by atoms with Gasteiger partial charge in [0.05, 0.1) is 0 Å². The zero-order valence-electron chi connectivity index (χ0n) is 11.2. The number of rotatable bonds is 4. The van der Waals surface area contributed by atoms with E-state index < -0.39 is 0 Å². The highest BCUT2D eigenvalue weighted by Crippen LogP contribution is 2.20. The molecule has 2 aromatic rings. The zero-order chi connectivity index (χ0) is 12.9. The first kappa shape index (κ1) is 12.4. The SMILES string of the molecule is [c]1ccc(-c2ccc(CNC3CCCC3)cc2)cc1. The fourth-order valence-corrected chi connectivity index (χ4v) is 2.79. The van der Waals surface area contributed by atoms with Gasteiger partial charge in [0.25, 0.3) is 0 Å². The van der Waals surface area contributed by atoms with Crippen LogP contribution in [0.25, 0.3) is 11.1 Å². The first-order chi connectivity index (χ1) is 9.42. The van der Waals surface area contributed by atoms with Crippen LogP contribution in [0, 0.1) is 6.07 Å². The summed E-state index contributed by atoms with van der Waals surface area (Å²) >= 11 is 0. The number of nitrogens with one attached hydrogen (secondary N) is 1. The third-order valence-corrected chi connectivity index (χ3v) is 3.96. The molecule has 1 radical (unpaired) electrons. The molecule has 1 heteroatoms. The van der Waals surface area contributed by atoms with Gasteiger partial charge in [0.2, 0.25) is 0 Å². The maximum absolute atomic E-state index is 3.65. The van der Waals surface area contributed by atoms with Crippen molar-refractivity contribution in [1.29, 1.82) is 0 Å². The Balaban J connectivity index is 1.62. The van der Waals surface area contributed by atoms with Gasteiger partial charge in [-0.05, 0) is 35.6 Å². The Kier molecular flexibility index (Phi) is 3.95. The van der Waals surface area contributed by atoms with Crippen LogP contribution in [-0.4, -0.2) is 6.04 Å². The van der Waals surface area contributed by atoms with E-state index in [1.807, 2.05) is 12.1 Å². The molecule has 0 amide bonds. The quantitative estimate of drug-likeness (QED) is 0.858. The van der Waals surface area contributed by atoms with Crippen LogP contribution < -0.4 is 5.32 Å². The maximum Gasteiger partial charge on any atom is 0.0208 e. The molecule has 0 spiro atoms. The minimum Gasteiger partial charge on any atom is -0.310 e. The average molecular weight is 250 g/mol. The molecule has 0 aliphatic heterocycles. The fraction of sp³-hybridized carbons (Fsp3) is 0.333. The third kappa shape index (κ3) is 3.24. The van der Waals surface area contributed by atoms with Crippen LogP contribution in [0.15, 0.2) is 48.5 Å². The van der Waals surface area contributed by atoms with Crippen LogP contribution in [-0.2, 0) is 6.54 Å². The number of hydrogen-bond acceptors (Lipinski definition) is 1. The molecule has 0 saturated heterocycles. The standard InChI is InChI=1S/C18H20N/c1-2-6-16(7-3-1)17-12-10-15(11-13-17)14-19-18-8-4-5-9-18/h2-3,6-7,10-13,18-19H,4-5,8-9,14H2. The second-order valence-corrected chi connectivity index (χ2v) is 5.35. The molecular formula is C18H20N. The molecule has 3 rings (SSSR count). The molecular weight excluding hydrogens is 230 g/mol. The van der Waals surface area contributed by atoms with E-state index in [4.69, 9.17) is 0 Å². The van der Waals surface area contributed by atoms with Crippen LogP contribution in [0.4, 0.5) is 0 Å². The number of hydrogen-bond donors (Lipinski definition) is 1. The first-order valence-corrected chi connectivity index (χ1v) is 7.21. The van der Waals surface area contributed by atoms with Gasteiger partial charge in [0.1, 0.15) is 0 Å². The first-order valence-electron chi connectivity index (χ1n) is 7.21. The zero-order valence-corrected chi connectivity index (χ0v) is 11.2. The molecule has 0 aromatic heterocycles. The molecule has 1 nitrogen and oxygen atoms in total. The van der Waals surface area contributed by atoms with Gasteiger partial charge in [0.15, 0.2) is 0 Å². The van der Waals surface area contributed by atoms with Gasteiger partial charge in [-0.1, -0.05) is 61.4 Å². The smallest absolute Gasteiger partial charge is 0.0208 e. The third-order valence-electron chi connectivity index (χ3n) is 3.96. The van der Waals surface area contributed by atoms with E-state index in [2.05, 4.69) is 47.8 Å². The Morgan fingerprint density at radius 2 is 1.53 bits per heavy atom. The molecule has 19 heavy (non-hydrogen) atoms. The fourth-order valence-electron chi connectivity index (χ4n) is 2.79. The Hall–Kier alpha value is -1.60. The molecule has 0 heterocycles. The molecule has 1 aliphatic carbocycles. The van der Waals surface area contributed by atoms with Crippen LogP contribution in [0.1, 0.15) is 31.2 Å². The van der Waals surface area contributed by atoms with Crippen molar-refractivity contribution in [2.75, 3.05) is 0 Å². The summed E-state index contributed by atoms with van der Waals surface area (Å²) in [7, 11) is 0. The molecule has 2 aromatic carbocycles. The Morgan fingerprint density at radius 3 is 2.21 bits per heavy atom. The molecule has 0 atom stereocenters. The molecule has 1 N–H and O–H groups in total. The predicted octanol–water partition coefficient (Wildman–Crippen LogP) is 4.19. The van der Waals surface area contributed by atoms with Gasteiger partial charge in [0, 0.05) is 12.6 Å². The van der Waals surface area contributed by atoms with Crippen LogP contribution >= 0.6 is 0 Å². The predicted molar refractivity (Wildman–Crippen MR) is 79.8 cm³/mol. The lowest BCUT2D eigenvalue weighted by atomic mass is 10.0. The monoisotopic (exact) mass is 250 g/mol. The van der Waals surface area contributed by atoms with Crippen molar-refractivity contribution in [3.63, 3.8) is 0 Å². The average Bonchev–Trinajstić information content (AvgIpc) is 3.00. The number of benzene rings is 2. The van der Waals surface area contributed by atoms with E-state index in [0.29, 0.717) is 0 Å². The van der Waals surface area contributed by atoms with Crippen molar-refractivity contribution in [2.24, 2.45) is 0 Å². The van der Waals surface area contributed by atoms with Crippen LogP contribution in [0.2, 0.25) is 0 Å². The van der Waals surface area contributed by atoms with Gasteiger partial charge in [-0.3, -0.25) is 0 Å². The van der Waals surface area contributed by atoms with Crippen molar-refractivity contribution in [3.05, 3.63) is 60.2 Å². The Bertz CT molecular complexity index is 495. The van der Waals surface area contributed by atoms with Gasteiger partial charge in [-0.2, -0.15) is 0 Å². The summed E-state index contributed by atoms with van der Waals surface area (Å²) in [4.78, 5) is 0. The minimum absolute atomic E-state index is 0.740. The summed E-state index contributed by atoms with van der Waals surface area (Å²) < 4.78 is 0. The Morgan fingerprint density at radius 1 is 0.895 bits per heavy atom. The highest BCUT2D eigenvalue weighted by molar-refractivity contribution is 5.63. The van der Waals surface area contributed by atoms with E-state index in [1.54, 1.807) is 0 Å². The second-order valence-electron chi connectivity index (χ2n) is 5.35. The molecule has 97 valence electrons. The van der Waals surface area contributed by atoms with E-state index in [9.17, 15) is 0 Å². The summed E-state index contributed by atoms with van der Waals surface area (Å²) in [6.07, 6.45) is 5.47. The highest BCUT2D eigenvalue weighted by Gasteiger charge is 2.13. The van der Waals surface area contributed by atoms with Crippen molar-refractivity contribution in [3.8, 4) is 11.1 Å². The van der Waals surface area contributed by atoms with Crippen molar-refractivity contribution < 1.29 is 0 Å². The second kappa shape index (κ2) is 6.03. The highest BCUT2D eigenvalue weighted by atomic mass is 14.9. The molecule has 1 fully saturated rings. The van der Waals surface area contributed by atoms with Gasteiger partial charge < -0.3 is 5.32 Å². The minimum atomic E-state index is 0.740. The largest absolute Gasteiger partial charge is 0.310 e. The Labute approximate surface area is 115 Å². The topological polar surface area (TPSA) is 12.0 Å². The molecule has 1 aliphatic rings. The van der Waals surface area contributed by atoms with Crippen molar-refractivity contribution in [1.82, 2.24) is 5.32 Å². The van der Waals surface area contributed by atoms with Gasteiger partial charge >= 0.3 is 0 Å². The lowest BCUT2D eigenvalue weighted by Gasteiger charge is -2.12. The maximum atomic E-state index is 3.65. The van der Waals surface area contributed by atoms with E-state index in [-0.39, 0.29) is 0 Å². The normalized spacial score (nSPS) is 15.8. The van der Waals surface area contributed by atoms with E-state index >= 15 is 0 Å². The lowest BCUT2D eigenvalue weighted by molar-refractivity contribution is 0.524. The summed E-state index contributed by atoms with van der Waals surface area (Å²) in [5, 5.41) is 3.65. The van der Waals surface area contributed by atoms with Crippen molar-refractivity contribution >= 4 is 0 Å². The molecule has 0 unspecified atom stereocenters. The summed E-state index contributed by atoms with van der Waals surface area (Å²) in [6, 6.07) is 20.8. The molecule has 1 saturated carbocycles.